The minimum atomic E-state index is -0.530. The highest BCUT2D eigenvalue weighted by Gasteiger charge is 2.31. The van der Waals surface area contributed by atoms with Crippen molar-refractivity contribution in [2.24, 2.45) is 0 Å². The molecule has 2 aliphatic rings. The van der Waals surface area contributed by atoms with Crippen LogP contribution in [0.4, 0.5) is 10.2 Å². The van der Waals surface area contributed by atoms with Crippen molar-refractivity contribution >= 4 is 22.8 Å². The molecular weight excluding hydrogens is 597 g/mol. The van der Waals surface area contributed by atoms with Crippen LogP contribution in [0.25, 0.3) is 22.3 Å². The molecule has 0 spiro atoms. The van der Waals surface area contributed by atoms with E-state index in [2.05, 4.69) is 40.1 Å². The predicted molar refractivity (Wildman–Crippen MR) is 178 cm³/mol. The molecule has 4 heterocycles. The lowest BCUT2D eigenvalue weighted by Gasteiger charge is -2.41. The first-order valence-corrected chi connectivity index (χ1v) is 16.1. The first-order valence-electron chi connectivity index (χ1n) is 16.1. The number of piperidine rings is 1. The topological polar surface area (TPSA) is 138 Å². The van der Waals surface area contributed by atoms with Crippen LogP contribution in [0.5, 0.6) is 11.5 Å². The highest BCUT2D eigenvalue weighted by molar-refractivity contribution is 5.99. The van der Waals surface area contributed by atoms with Crippen molar-refractivity contribution in [1.82, 2.24) is 34.9 Å². The number of nitrogens with zero attached hydrogens (tertiary/aromatic N) is 7. The van der Waals surface area contributed by atoms with Crippen molar-refractivity contribution < 1.29 is 13.9 Å². The SMILES string of the molecule is CC(C)(CC/C=C(\C#N)C(=O)N1CCC[C@@H](n2nc(-c3ccc(Oc4ccccc4)cc3F)c3c(N)ncnc32)C1)N1CCNCC1. The quantitative estimate of drug-likeness (QED) is 0.190. The van der Waals surface area contributed by atoms with E-state index < -0.39 is 5.82 Å². The third-order valence-corrected chi connectivity index (χ3v) is 9.15. The van der Waals surface area contributed by atoms with Crippen LogP contribution in [0.15, 0.2) is 66.5 Å². The first-order chi connectivity index (χ1) is 22.7. The summed E-state index contributed by atoms with van der Waals surface area (Å²) in [6.07, 6.45) is 6.04. The van der Waals surface area contributed by atoms with Gasteiger partial charge in [-0.2, -0.15) is 10.4 Å². The number of para-hydroxylation sites is 1. The van der Waals surface area contributed by atoms with Gasteiger partial charge in [0.15, 0.2) is 5.65 Å². The standard InChI is InChI=1S/C35H40FN9O2/c1-35(2,44-18-15-39-16-19-44)14-6-8-24(21-37)34(46)43-17-7-9-25(22-43)45-33-30(32(38)40-23-41-33)31(42-45)28-13-12-27(20-29(28)36)47-26-10-4-3-5-11-26/h3-5,8,10-13,20,23,25,39H,6-7,9,14-19,22H2,1-2H3,(H2,38,40,41)/b24-8+/t25-/m1/s1. The zero-order valence-electron chi connectivity index (χ0n) is 26.8. The van der Waals surface area contributed by atoms with E-state index in [0.717, 1.165) is 39.0 Å². The number of allylic oxidation sites excluding steroid dienone is 1. The van der Waals surface area contributed by atoms with Crippen LogP contribution in [0.2, 0.25) is 0 Å². The normalized spacial score (nSPS) is 17.9. The molecule has 47 heavy (non-hydrogen) atoms. The third-order valence-electron chi connectivity index (χ3n) is 9.15. The van der Waals surface area contributed by atoms with E-state index in [1.807, 2.05) is 18.2 Å². The largest absolute Gasteiger partial charge is 0.457 e. The molecule has 0 saturated carbocycles. The van der Waals surface area contributed by atoms with Crippen LogP contribution in [-0.4, -0.2) is 80.3 Å². The number of piperazine rings is 1. The Kier molecular flexibility index (Phi) is 9.47. The summed E-state index contributed by atoms with van der Waals surface area (Å²) in [5.74, 6) is 0.306. The minimum Gasteiger partial charge on any atom is -0.457 e. The lowest BCUT2D eigenvalue weighted by atomic mass is 9.94. The number of ether oxygens (including phenoxy) is 1. The molecule has 2 aromatic heterocycles. The Morgan fingerprint density at radius 3 is 2.68 bits per heavy atom. The van der Waals surface area contributed by atoms with Gasteiger partial charge in [0.1, 0.15) is 46.8 Å². The molecule has 244 valence electrons. The number of rotatable bonds is 9. The molecule has 12 heteroatoms. The van der Waals surface area contributed by atoms with Crippen LogP contribution >= 0.6 is 0 Å². The van der Waals surface area contributed by atoms with Crippen LogP contribution in [0.3, 0.4) is 0 Å². The number of nitriles is 1. The smallest absolute Gasteiger partial charge is 0.264 e. The summed E-state index contributed by atoms with van der Waals surface area (Å²) >= 11 is 0. The maximum atomic E-state index is 15.6. The number of fused-ring (bicyclic) bond motifs is 1. The van der Waals surface area contributed by atoms with Gasteiger partial charge >= 0.3 is 0 Å². The number of anilines is 1. The fourth-order valence-corrected chi connectivity index (χ4v) is 6.50. The highest BCUT2D eigenvalue weighted by atomic mass is 19.1. The maximum absolute atomic E-state index is 15.6. The molecule has 2 aliphatic heterocycles. The molecule has 4 aromatic rings. The van der Waals surface area contributed by atoms with E-state index >= 15 is 4.39 Å². The Morgan fingerprint density at radius 2 is 1.94 bits per heavy atom. The van der Waals surface area contributed by atoms with E-state index in [4.69, 9.17) is 15.6 Å². The predicted octanol–water partition coefficient (Wildman–Crippen LogP) is 5.08. The van der Waals surface area contributed by atoms with Crippen molar-refractivity contribution in [3.05, 3.63) is 72.3 Å². The molecule has 0 bridgehead atoms. The summed E-state index contributed by atoms with van der Waals surface area (Å²) in [5.41, 5.74) is 7.44. The Morgan fingerprint density at radius 1 is 1.15 bits per heavy atom. The van der Waals surface area contributed by atoms with Crippen LogP contribution in [-0.2, 0) is 4.79 Å². The van der Waals surface area contributed by atoms with E-state index in [0.29, 0.717) is 54.2 Å². The van der Waals surface area contributed by atoms with Crippen LogP contribution in [0.1, 0.15) is 45.6 Å². The van der Waals surface area contributed by atoms with Gasteiger partial charge < -0.3 is 20.7 Å². The zero-order valence-corrected chi connectivity index (χ0v) is 26.8. The number of nitrogen functional groups attached to an aromatic ring is 1. The zero-order chi connectivity index (χ0) is 33.0. The van der Waals surface area contributed by atoms with E-state index in [-0.39, 0.29) is 34.4 Å². The minimum absolute atomic E-state index is 0.0320. The van der Waals surface area contributed by atoms with Crippen molar-refractivity contribution in [3.63, 3.8) is 0 Å². The fraction of sp³-hybridized carbons (Fsp3) is 0.400. The number of hydrogen-bond acceptors (Lipinski definition) is 9. The molecule has 3 N–H and O–H groups in total. The van der Waals surface area contributed by atoms with Gasteiger partial charge in [0.05, 0.1) is 11.4 Å². The number of benzene rings is 2. The van der Waals surface area contributed by atoms with E-state index in [1.165, 1.54) is 12.4 Å². The summed E-state index contributed by atoms with van der Waals surface area (Å²) in [6.45, 7) is 9.19. The molecule has 0 unspecified atom stereocenters. The van der Waals surface area contributed by atoms with Crippen molar-refractivity contribution in [3.8, 4) is 28.8 Å². The number of nitrogens with one attached hydrogen (secondary N) is 1. The molecule has 2 aromatic carbocycles. The van der Waals surface area contributed by atoms with Crippen LogP contribution < -0.4 is 15.8 Å². The summed E-state index contributed by atoms with van der Waals surface area (Å²) in [6, 6.07) is 15.6. The molecule has 1 atom stereocenters. The lowest BCUT2D eigenvalue weighted by molar-refractivity contribution is -0.128. The summed E-state index contributed by atoms with van der Waals surface area (Å²) in [5, 5.41) is 18.6. The molecule has 2 saturated heterocycles. The molecule has 0 radical (unpaired) electrons. The number of aromatic nitrogens is 4. The monoisotopic (exact) mass is 637 g/mol. The van der Waals surface area contributed by atoms with Crippen molar-refractivity contribution in [1.29, 1.82) is 5.26 Å². The van der Waals surface area contributed by atoms with Gasteiger partial charge in [-0.1, -0.05) is 24.3 Å². The average molecular weight is 638 g/mol. The molecule has 1 amide bonds. The number of amides is 1. The number of nitrogens with two attached hydrogens (primary N) is 1. The second-order valence-corrected chi connectivity index (χ2v) is 12.7. The van der Waals surface area contributed by atoms with Gasteiger partial charge in [0.2, 0.25) is 0 Å². The number of hydrogen-bond donors (Lipinski definition) is 2. The highest BCUT2D eigenvalue weighted by Crippen LogP contribution is 2.36. The van der Waals surface area contributed by atoms with Crippen molar-refractivity contribution in [2.75, 3.05) is 45.0 Å². The Labute approximate surface area is 273 Å². The second-order valence-electron chi connectivity index (χ2n) is 12.7. The molecule has 11 nitrogen and oxygen atoms in total. The Hall–Kier alpha value is -4.86. The fourth-order valence-electron chi connectivity index (χ4n) is 6.50. The van der Waals surface area contributed by atoms with E-state index in [9.17, 15) is 10.1 Å². The molecule has 6 rings (SSSR count). The van der Waals surface area contributed by atoms with Gasteiger partial charge in [0.25, 0.3) is 5.91 Å². The summed E-state index contributed by atoms with van der Waals surface area (Å²) in [7, 11) is 0. The second kappa shape index (κ2) is 13.9. The Balaban J connectivity index is 1.21. The summed E-state index contributed by atoms with van der Waals surface area (Å²) < 4.78 is 23.2. The first kappa shape index (κ1) is 32.1. The molecule has 0 aliphatic carbocycles. The maximum Gasteiger partial charge on any atom is 0.264 e. The lowest BCUT2D eigenvalue weighted by Crippen LogP contribution is -2.53. The Bertz CT molecular complexity index is 1810. The summed E-state index contributed by atoms with van der Waals surface area (Å²) in [4.78, 5) is 26.4. The van der Waals surface area contributed by atoms with Gasteiger partial charge in [-0.15, -0.1) is 0 Å². The number of carbonyl (C=O) groups excluding carboxylic acids is 1. The van der Waals surface area contributed by atoms with Gasteiger partial charge in [-0.25, -0.2) is 19.0 Å². The van der Waals surface area contributed by atoms with Gasteiger partial charge in [0, 0.05) is 56.4 Å². The molecular formula is C35H40FN9O2. The third kappa shape index (κ3) is 6.96. The number of carbonyl (C=O) groups is 1. The number of likely N-dealkylation sites (tertiary alicyclic amines) is 1. The molecule has 2 fully saturated rings. The number of halogens is 1. The van der Waals surface area contributed by atoms with Gasteiger partial charge in [-0.05, 0) is 63.8 Å². The average Bonchev–Trinajstić information content (AvgIpc) is 3.48. The van der Waals surface area contributed by atoms with Gasteiger partial charge in [-0.3, -0.25) is 9.69 Å². The van der Waals surface area contributed by atoms with E-state index in [1.54, 1.807) is 39.9 Å². The van der Waals surface area contributed by atoms with Crippen molar-refractivity contribution in [2.45, 2.75) is 51.1 Å². The van der Waals surface area contributed by atoms with Crippen LogP contribution in [0, 0.1) is 17.1 Å².